The summed E-state index contributed by atoms with van der Waals surface area (Å²) in [5.74, 6) is 0. The van der Waals surface area contributed by atoms with E-state index in [-0.39, 0.29) is 12.1 Å². The van der Waals surface area contributed by atoms with Crippen LogP contribution in [0.5, 0.6) is 0 Å². The van der Waals surface area contributed by atoms with Gasteiger partial charge in [-0.3, -0.25) is 4.98 Å². The summed E-state index contributed by atoms with van der Waals surface area (Å²) in [6.45, 7) is 3.22. The molecule has 1 saturated carbocycles. The number of unbranched alkanes of at least 4 members (excludes halogenated alkanes) is 1. The van der Waals surface area contributed by atoms with E-state index in [0.717, 1.165) is 23.8 Å². The summed E-state index contributed by atoms with van der Waals surface area (Å²) in [6, 6.07) is 9.41. The van der Waals surface area contributed by atoms with Crippen molar-refractivity contribution in [2.24, 2.45) is 0 Å². The molecule has 5 heteroatoms. The molecule has 4 nitrogen and oxygen atoms in total. The summed E-state index contributed by atoms with van der Waals surface area (Å²) in [5, 5.41) is 4.41. The first-order chi connectivity index (χ1) is 13.3. The molecule has 2 aromatic heterocycles. The van der Waals surface area contributed by atoms with Crippen LogP contribution in [-0.4, -0.2) is 26.1 Å². The van der Waals surface area contributed by atoms with Crippen molar-refractivity contribution in [2.75, 3.05) is 6.54 Å². The van der Waals surface area contributed by atoms with E-state index in [1.165, 1.54) is 44.1 Å². The third-order valence-corrected chi connectivity index (χ3v) is 6.38. The Morgan fingerprint density at radius 3 is 2.78 bits per heavy atom. The van der Waals surface area contributed by atoms with Crippen LogP contribution < -0.4 is 5.32 Å². The minimum absolute atomic E-state index is 0.109. The predicted molar refractivity (Wildman–Crippen MR) is 114 cm³/mol. The summed E-state index contributed by atoms with van der Waals surface area (Å²) in [6.07, 6.45) is 15.5. The van der Waals surface area contributed by atoms with Crippen LogP contribution in [0.15, 0.2) is 42.9 Å². The highest BCUT2D eigenvalue weighted by atomic mass is 32.1. The van der Waals surface area contributed by atoms with Gasteiger partial charge in [-0.25, -0.2) is 0 Å². The quantitative estimate of drug-likeness (QED) is 0.700. The second kappa shape index (κ2) is 8.42. The van der Waals surface area contributed by atoms with Gasteiger partial charge in [0.05, 0.1) is 17.8 Å². The maximum absolute atomic E-state index is 5.72. The van der Waals surface area contributed by atoms with Crippen molar-refractivity contribution in [1.82, 2.24) is 19.8 Å². The van der Waals surface area contributed by atoms with E-state index in [1.807, 2.05) is 12.3 Å². The van der Waals surface area contributed by atoms with Crippen LogP contribution in [0.4, 0.5) is 0 Å². The summed E-state index contributed by atoms with van der Waals surface area (Å²) in [5.41, 5.74) is 2.41. The lowest BCUT2D eigenvalue weighted by Gasteiger charge is -2.27. The van der Waals surface area contributed by atoms with Crippen molar-refractivity contribution in [3.63, 3.8) is 0 Å². The van der Waals surface area contributed by atoms with Gasteiger partial charge in [-0.1, -0.05) is 38.7 Å². The summed E-state index contributed by atoms with van der Waals surface area (Å²) < 4.78 is 2.45. The second-order valence-electron chi connectivity index (χ2n) is 7.86. The maximum atomic E-state index is 5.72. The number of hydrogen-bond acceptors (Lipinski definition) is 2. The third-order valence-electron chi connectivity index (χ3n) is 6.03. The molecule has 2 aromatic rings. The molecule has 4 rings (SSSR count). The van der Waals surface area contributed by atoms with Crippen LogP contribution in [0, 0.1) is 0 Å². The molecule has 0 spiro atoms. The Kier molecular flexibility index (Phi) is 5.77. The topological polar surface area (TPSA) is 33.1 Å². The van der Waals surface area contributed by atoms with Crippen LogP contribution in [-0.2, 0) is 0 Å². The lowest BCUT2D eigenvalue weighted by atomic mass is 9.95. The molecular weight excluding hydrogens is 352 g/mol. The van der Waals surface area contributed by atoms with Crippen LogP contribution in [0.3, 0.4) is 0 Å². The highest BCUT2D eigenvalue weighted by molar-refractivity contribution is 7.80. The van der Waals surface area contributed by atoms with Gasteiger partial charge in [0, 0.05) is 31.2 Å². The van der Waals surface area contributed by atoms with Crippen molar-refractivity contribution in [2.45, 2.75) is 70.0 Å². The van der Waals surface area contributed by atoms with Crippen molar-refractivity contribution in [1.29, 1.82) is 0 Å². The van der Waals surface area contributed by atoms with Crippen LogP contribution in [0.2, 0.25) is 0 Å². The highest BCUT2D eigenvalue weighted by Crippen LogP contribution is 2.39. The molecule has 27 heavy (non-hydrogen) atoms. The molecule has 0 aromatic carbocycles. The number of aromatic nitrogens is 2. The molecule has 2 fully saturated rings. The Morgan fingerprint density at radius 2 is 2.04 bits per heavy atom. The fraction of sp³-hybridized carbons (Fsp3) is 0.545. The Hall–Kier alpha value is -1.88. The zero-order valence-electron chi connectivity index (χ0n) is 16.2. The standard InChI is InChI=1S/C22H30N4S/c1-2-3-14-26-21(20(24-22(26)27)19-11-7-8-13-23-19)17-12-15-25(16-17)18-9-5-4-6-10-18/h7-8,11-13,15-16,18,20-21H,2-6,9-10,14H2,1H3,(H,24,27)/t20-,21-/m0/s1. The molecule has 1 aliphatic heterocycles. The first-order valence-corrected chi connectivity index (χ1v) is 10.8. The van der Waals surface area contributed by atoms with Gasteiger partial charge in [-0.2, -0.15) is 0 Å². The molecular formula is C22H30N4S. The van der Waals surface area contributed by atoms with E-state index >= 15 is 0 Å². The van der Waals surface area contributed by atoms with Crippen molar-refractivity contribution in [3.8, 4) is 0 Å². The van der Waals surface area contributed by atoms with Crippen molar-refractivity contribution in [3.05, 3.63) is 54.1 Å². The summed E-state index contributed by atoms with van der Waals surface area (Å²) >= 11 is 5.72. The van der Waals surface area contributed by atoms with E-state index < -0.39 is 0 Å². The monoisotopic (exact) mass is 382 g/mol. The first kappa shape index (κ1) is 18.5. The summed E-state index contributed by atoms with van der Waals surface area (Å²) in [4.78, 5) is 7.00. The molecule has 144 valence electrons. The molecule has 1 N–H and O–H groups in total. The Balaban J connectivity index is 1.64. The Labute approximate surface area is 168 Å². The molecule has 1 saturated heterocycles. The molecule has 0 amide bonds. The SMILES string of the molecule is CCCCN1C(=S)N[C@@H](c2ccccn2)[C@@H]1c1ccn(C2CCCCC2)c1. The zero-order valence-corrected chi connectivity index (χ0v) is 17.0. The number of nitrogens with one attached hydrogen (secondary N) is 1. The van der Waals surface area contributed by atoms with Gasteiger partial charge >= 0.3 is 0 Å². The number of rotatable bonds is 6. The van der Waals surface area contributed by atoms with E-state index in [9.17, 15) is 0 Å². The van der Waals surface area contributed by atoms with Gasteiger partial charge in [0.2, 0.25) is 0 Å². The molecule has 2 atom stereocenters. The molecule has 0 unspecified atom stereocenters. The average Bonchev–Trinajstić information content (AvgIpc) is 3.32. The van der Waals surface area contributed by atoms with Crippen molar-refractivity contribution < 1.29 is 0 Å². The van der Waals surface area contributed by atoms with Gasteiger partial charge in [-0.05, 0) is 55.2 Å². The minimum atomic E-state index is 0.109. The highest BCUT2D eigenvalue weighted by Gasteiger charge is 2.39. The smallest absolute Gasteiger partial charge is 0.170 e. The predicted octanol–water partition coefficient (Wildman–Crippen LogP) is 5.16. The number of nitrogens with zero attached hydrogens (tertiary/aromatic N) is 3. The maximum Gasteiger partial charge on any atom is 0.170 e. The lowest BCUT2D eigenvalue weighted by molar-refractivity contribution is 0.310. The minimum Gasteiger partial charge on any atom is -0.352 e. The Bertz CT molecular complexity index is 751. The Morgan fingerprint density at radius 1 is 1.19 bits per heavy atom. The van der Waals surface area contributed by atoms with Crippen LogP contribution in [0.25, 0.3) is 0 Å². The first-order valence-electron chi connectivity index (χ1n) is 10.4. The van der Waals surface area contributed by atoms with Gasteiger partial charge in [0.15, 0.2) is 5.11 Å². The third kappa shape index (κ3) is 3.88. The second-order valence-corrected chi connectivity index (χ2v) is 8.24. The molecule has 1 aliphatic carbocycles. The average molecular weight is 383 g/mol. The molecule has 0 radical (unpaired) electrons. The molecule has 2 aliphatic rings. The number of thiocarbonyl (C=S) groups is 1. The van der Waals surface area contributed by atoms with Gasteiger partial charge in [0.25, 0.3) is 0 Å². The number of hydrogen-bond donors (Lipinski definition) is 1. The van der Waals surface area contributed by atoms with E-state index in [1.54, 1.807) is 0 Å². The fourth-order valence-corrected chi connectivity index (χ4v) is 4.88. The van der Waals surface area contributed by atoms with E-state index in [4.69, 9.17) is 12.2 Å². The van der Waals surface area contributed by atoms with Crippen LogP contribution >= 0.6 is 12.2 Å². The molecule has 3 heterocycles. The van der Waals surface area contributed by atoms with E-state index in [0.29, 0.717) is 6.04 Å². The lowest BCUT2D eigenvalue weighted by Crippen LogP contribution is -2.30. The summed E-state index contributed by atoms with van der Waals surface area (Å²) in [7, 11) is 0. The van der Waals surface area contributed by atoms with Crippen molar-refractivity contribution >= 4 is 17.3 Å². The zero-order chi connectivity index (χ0) is 18.6. The van der Waals surface area contributed by atoms with E-state index in [2.05, 4.69) is 57.3 Å². The van der Waals surface area contributed by atoms with Crippen LogP contribution in [0.1, 0.15) is 81.3 Å². The van der Waals surface area contributed by atoms with Gasteiger partial charge < -0.3 is 14.8 Å². The number of pyridine rings is 1. The fourth-order valence-electron chi connectivity index (χ4n) is 4.55. The van der Waals surface area contributed by atoms with Gasteiger partial charge in [-0.15, -0.1) is 0 Å². The normalized spacial score (nSPS) is 23.6. The molecule has 0 bridgehead atoms. The largest absolute Gasteiger partial charge is 0.352 e. The van der Waals surface area contributed by atoms with Gasteiger partial charge in [0.1, 0.15) is 0 Å².